The van der Waals surface area contributed by atoms with E-state index in [0.717, 1.165) is 28.0 Å². The maximum Gasteiger partial charge on any atom is 0.159 e. The van der Waals surface area contributed by atoms with Crippen molar-refractivity contribution in [1.82, 2.24) is 24.1 Å². The van der Waals surface area contributed by atoms with E-state index in [1.54, 1.807) is 12.4 Å². The van der Waals surface area contributed by atoms with E-state index in [2.05, 4.69) is 117 Å². The predicted octanol–water partition coefficient (Wildman–Crippen LogP) is 8.89. The third-order valence-corrected chi connectivity index (χ3v) is 8.29. The Kier molecular flexibility index (Phi) is 4.83. The number of benzene rings is 5. The third kappa shape index (κ3) is 3.28. The Morgan fingerprint density at radius 3 is 1.88 bits per heavy atom. The number of para-hydroxylation sites is 3. The molecule has 196 valence electrons. The molecule has 0 unspecified atom stereocenters. The maximum absolute atomic E-state index is 4.75. The fraction of sp³-hybridized carbons (Fsp3) is 0. The topological polar surface area (TPSA) is 48.5 Å². The van der Waals surface area contributed by atoms with Crippen LogP contribution >= 0.6 is 0 Å². The van der Waals surface area contributed by atoms with E-state index in [-0.39, 0.29) is 0 Å². The summed E-state index contributed by atoms with van der Waals surface area (Å²) in [5.74, 6) is 0.682. The molecule has 5 aromatic carbocycles. The van der Waals surface area contributed by atoms with Crippen molar-refractivity contribution < 1.29 is 0 Å². The van der Waals surface area contributed by atoms with Crippen molar-refractivity contribution >= 4 is 54.4 Å². The molecule has 9 rings (SSSR count). The van der Waals surface area contributed by atoms with Crippen LogP contribution in [-0.4, -0.2) is 24.1 Å². The van der Waals surface area contributed by atoms with Gasteiger partial charge in [0, 0.05) is 50.6 Å². The van der Waals surface area contributed by atoms with Crippen LogP contribution in [0.15, 0.2) is 140 Å². The van der Waals surface area contributed by atoms with Gasteiger partial charge in [0.1, 0.15) is 0 Å². The number of pyridine rings is 1. The Labute approximate surface area is 241 Å². The van der Waals surface area contributed by atoms with Crippen molar-refractivity contribution in [2.45, 2.75) is 0 Å². The highest BCUT2D eigenvalue weighted by Gasteiger charge is 2.18. The zero-order valence-corrected chi connectivity index (χ0v) is 22.5. The van der Waals surface area contributed by atoms with Gasteiger partial charge >= 0.3 is 0 Å². The van der Waals surface area contributed by atoms with Crippen molar-refractivity contribution in [3.05, 3.63) is 140 Å². The summed E-state index contributed by atoms with van der Waals surface area (Å²) in [6.45, 7) is 0. The first-order valence-electron chi connectivity index (χ1n) is 14.0. The summed E-state index contributed by atoms with van der Waals surface area (Å²) in [5.41, 5.74) is 7.69. The van der Waals surface area contributed by atoms with Gasteiger partial charge < -0.3 is 9.13 Å². The lowest BCUT2D eigenvalue weighted by molar-refractivity contribution is 1.08. The minimum atomic E-state index is 0.682. The second kappa shape index (κ2) is 8.85. The van der Waals surface area contributed by atoms with Crippen LogP contribution in [0.1, 0.15) is 0 Å². The standard InChI is InChI=1S/C37H23N5/c1-2-8-26(9-3-1)42-34-13-7-4-10-28(34)30-15-14-25-20-32-29-11-5-6-12-33(29)41(35(32)21-31(25)36(30)42)27-22-39-37(40-23-27)24-16-18-38-19-17-24/h1-23H. The van der Waals surface area contributed by atoms with Crippen LogP contribution in [0.5, 0.6) is 0 Å². The SMILES string of the molecule is c1ccc(-n2c3ccccc3c3ccc4cc5c6ccccc6n(-c6cnc(-c7ccncc7)nc6)c5cc4c32)cc1. The Morgan fingerprint density at radius 2 is 1.12 bits per heavy atom. The Bertz CT molecular complexity index is 2440. The van der Waals surface area contributed by atoms with Gasteiger partial charge in [0.2, 0.25) is 0 Å². The van der Waals surface area contributed by atoms with E-state index in [1.807, 2.05) is 24.5 Å². The van der Waals surface area contributed by atoms with E-state index in [9.17, 15) is 0 Å². The molecule has 0 N–H and O–H groups in total. The molecule has 42 heavy (non-hydrogen) atoms. The molecule has 9 aromatic rings. The molecule has 0 saturated heterocycles. The van der Waals surface area contributed by atoms with Crippen molar-refractivity contribution in [2.75, 3.05) is 0 Å². The number of aromatic nitrogens is 5. The summed E-state index contributed by atoms with van der Waals surface area (Å²) in [7, 11) is 0. The lowest BCUT2D eigenvalue weighted by Crippen LogP contribution is -1.98. The second-order valence-corrected chi connectivity index (χ2v) is 10.6. The number of fused-ring (bicyclic) bond motifs is 8. The highest BCUT2D eigenvalue weighted by Crippen LogP contribution is 2.40. The maximum atomic E-state index is 4.75. The van der Waals surface area contributed by atoms with Crippen LogP contribution < -0.4 is 0 Å². The van der Waals surface area contributed by atoms with Crippen molar-refractivity contribution in [2.24, 2.45) is 0 Å². The lowest BCUT2D eigenvalue weighted by atomic mass is 10.0. The summed E-state index contributed by atoms with van der Waals surface area (Å²) in [6.07, 6.45) is 7.36. The highest BCUT2D eigenvalue weighted by molar-refractivity contribution is 6.22. The van der Waals surface area contributed by atoms with Gasteiger partial charge in [-0.15, -0.1) is 0 Å². The zero-order chi connectivity index (χ0) is 27.6. The molecule has 0 atom stereocenters. The summed E-state index contributed by atoms with van der Waals surface area (Å²) in [5, 5.41) is 7.32. The van der Waals surface area contributed by atoms with Gasteiger partial charge in [-0.3, -0.25) is 4.98 Å². The Balaban J connectivity index is 1.38. The van der Waals surface area contributed by atoms with Crippen LogP contribution in [0.4, 0.5) is 0 Å². The van der Waals surface area contributed by atoms with Crippen molar-refractivity contribution in [1.29, 1.82) is 0 Å². The van der Waals surface area contributed by atoms with Crippen molar-refractivity contribution in [3.63, 3.8) is 0 Å². The molecule has 4 heterocycles. The Hall–Kier alpha value is -5.81. The quantitative estimate of drug-likeness (QED) is 0.226. The molecule has 5 nitrogen and oxygen atoms in total. The van der Waals surface area contributed by atoms with Gasteiger partial charge in [-0.1, -0.05) is 66.7 Å². The number of hydrogen-bond acceptors (Lipinski definition) is 3. The fourth-order valence-corrected chi connectivity index (χ4v) is 6.46. The highest BCUT2D eigenvalue weighted by atomic mass is 15.0. The van der Waals surface area contributed by atoms with Gasteiger partial charge in [0.15, 0.2) is 5.82 Å². The van der Waals surface area contributed by atoms with E-state index in [4.69, 9.17) is 9.97 Å². The van der Waals surface area contributed by atoms with E-state index < -0.39 is 0 Å². The summed E-state index contributed by atoms with van der Waals surface area (Å²) >= 11 is 0. The van der Waals surface area contributed by atoms with Crippen LogP contribution in [0.3, 0.4) is 0 Å². The lowest BCUT2D eigenvalue weighted by Gasteiger charge is -2.11. The summed E-state index contributed by atoms with van der Waals surface area (Å²) in [4.78, 5) is 13.6. The van der Waals surface area contributed by atoms with Gasteiger partial charge in [-0.2, -0.15) is 0 Å². The first-order valence-corrected chi connectivity index (χ1v) is 14.0. The van der Waals surface area contributed by atoms with Crippen molar-refractivity contribution in [3.8, 4) is 22.8 Å². The first kappa shape index (κ1) is 22.9. The fourth-order valence-electron chi connectivity index (χ4n) is 6.46. The van der Waals surface area contributed by atoms with Gasteiger partial charge in [0.25, 0.3) is 0 Å². The normalized spacial score (nSPS) is 11.8. The summed E-state index contributed by atoms with van der Waals surface area (Å²) < 4.78 is 4.69. The second-order valence-electron chi connectivity index (χ2n) is 10.6. The van der Waals surface area contributed by atoms with E-state index >= 15 is 0 Å². The van der Waals surface area contributed by atoms with Crippen LogP contribution in [0.2, 0.25) is 0 Å². The number of hydrogen-bond donors (Lipinski definition) is 0. The molecule has 0 radical (unpaired) electrons. The van der Waals surface area contributed by atoms with E-state index in [1.165, 1.54) is 43.4 Å². The molecule has 0 saturated carbocycles. The molecular weight excluding hydrogens is 514 g/mol. The van der Waals surface area contributed by atoms with Crippen LogP contribution in [0, 0.1) is 0 Å². The molecule has 4 aromatic heterocycles. The predicted molar refractivity (Wildman–Crippen MR) is 171 cm³/mol. The third-order valence-electron chi connectivity index (χ3n) is 8.29. The minimum Gasteiger partial charge on any atom is -0.309 e. The molecular formula is C37H23N5. The largest absolute Gasteiger partial charge is 0.309 e. The van der Waals surface area contributed by atoms with Crippen LogP contribution in [0.25, 0.3) is 77.1 Å². The van der Waals surface area contributed by atoms with Gasteiger partial charge in [0.05, 0.1) is 40.1 Å². The summed E-state index contributed by atoms with van der Waals surface area (Å²) in [6, 6.07) is 41.0. The molecule has 5 heteroatoms. The zero-order valence-electron chi connectivity index (χ0n) is 22.5. The monoisotopic (exact) mass is 537 g/mol. The van der Waals surface area contributed by atoms with Crippen LogP contribution in [-0.2, 0) is 0 Å². The van der Waals surface area contributed by atoms with Gasteiger partial charge in [-0.25, -0.2) is 9.97 Å². The molecule has 0 aliphatic heterocycles. The van der Waals surface area contributed by atoms with Gasteiger partial charge in [-0.05, 0) is 53.9 Å². The average molecular weight is 538 g/mol. The molecule has 0 aliphatic carbocycles. The minimum absolute atomic E-state index is 0.682. The first-order chi connectivity index (χ1) is 20.8. The molecule has 0 bridgehead atoms. The average Bonchev–Trinajstić information content (AvgIpc) is 3.57. The molecule has 0 aliphatic rings. The molecule has 0 spiro atoms. The number of rotatable bonds is 3. The molecule has 0 amide bonds. The smallest absolute Gasteiger partial charge is 0.159 e. The van der Waals surface area contributed by atoms with E-state index in [0.29, 0.717) is 5.82 Å². The molecule has 0 fully saturated rings. The Morgan fingerprint density at radius 1 is 0.452 bits per heavy atom. The number of nitrogens with zero attached hydrogens (tertiary/aromatic N) is 5.